The van der Waals surface area contributed by atoms with Gasteiger partial charge in [0.2, 0.25) is 0 Å². The maximum absolute atomic E-state index is 0. The Labute approximate surface area is 81.6 Å². The van der Waals surface area contributed by atoms with Crippen molar-refractivity contribution in [2.24, 2.45) is 0 Å². The predicted octanol–water partition coefficient (Wildman–Crippen LogP) is -9.82. The normalized spacial score (nSPS) is 0. The monoisotopic (exact) mass is 345 g/mol. The smallest absolute Gasteiger partial charge is 1.00 e. The van der Waals surface area contributed by atoms with Crippen LogP contribution < -0.4 is 50.9 Å². The molecule has 0 bridgehead atoms. The molecule has 0 spiro atoms. The van der Waals surface area contributed by atoms with E-state index in [1.54, 1.807) is 0 Å². The van der Waals surface area contributed by atoms with Crippen molar-refractivity contribution < 1.29 is 82.6 Å². The summed E-state index contributed by atoms with van der Waals surface area (Å²) in [5, 5.41) is 0. The van der Waals surface area contributed by atoms with Crippen LogP contribution in [0.15, 0.2) is 0 Å². The van der Waals surface area contributed by atoms with E-state index in [1.165, 1.54) is 0 Å². The average Bonchev–Trinajstić information content (AvgIpc) is 0. The predicted molar refractivity (Wildman–Crippen MR) is 3.61 cm³/mol. The average molecular weight is 349 g/mol. The Kier molecular flexibility index (Phi) is 371. The Morgan fingerprint density at radius 3 is 0.600 bits per heavy atom. The van der Waals surface area contributed by atoms with Crippen molar-refractivity contribution in [1.82, 2.24) is 0 Å². The molecule has 0 amide bonds. The van der Waals surface area contributed by atoms with E-state index in [0.29, 0.717) is 0 Å². The first-order chi connectivity index (χ1) is 0. The van der Waals surface area contributed by atoms with Crippen LogP contribution in [0.25, 0.3) is 0 Å². The molecule has 1 radical (unpaired) electrons. The van der Waals surface area contributed by atoms with Crippen LogP contribution in [-0.2, 0) is 26.2 Å². The summed E-state index contributed by atoms with van der Waals surface area (Å²) in [7, 11) is 0. The van der Waals surface area contributed by atoms with Crippen LogP contribution in [0.3, 0.4) is 0 Å². The van der Waals surface area contributed by atoms with Crippen LogP contribution >= 0.6 is 0 Å². The second-order valence-corrected chi connectivity index (χ2v) is 0. The van der Waals surface area contributed by atoms with E-state index in [2.05, 4.69) is 0 Å². The van der Waals surface area contributed by atoms with Gasteiger partial charge in [0.05, 0.1) is 0 Å². The second-order valence-electron chi connectivity index (χ2n) is 0. The fraction of sp³-hybridized carbons (Fsp3) is 0. The molecular weight excluding hydrogens is 347 g/mol. The van der Waals surface area contributed by atoms with Crippen molar-refractivity contribution in [3.8, 4) is 0 Å². The zero-order valence-corrected chi connectivity index (χ0v) is 9.35. The molecule has 0 rings (SSSR count). The zero-order valence-electron chi connectivity index (χ0n) is 2.13. The van der Waals surface area contributed by atoms with E-state index >= 15 is 0 Å². The van der Waals surface area contributed by atoms with Crippen molar-refractivity contribution in [3.63, 3.8) is 0 Å². The summed E-state index contributed by atoms with van der Waals surface area (Å²) in [5.41, 5.74) is 0. The fourth-order valence-electron chi connectivity index (χ4n) is 0. The molecule has 0 atom stereocenters. The van der Waals surface area contributed by atoms with Crippen molar-refractivity contribution in [2.75, 3.05) is 0 Å². The summed E-state index contributed by atoms with van der Waals surface area (Å²) in [6, 6.07) is 0. The quantitative estimate of drug-likeness (QED) is 0.416. The molecule has 2 N–H and O–H groups in total. The van der Waals surface area contributed by atoms with Crippen molar-refractivity contribution in [1.29, 1.82) is 0 Å². The third-order valence-corrected chi connectivity index (χ3v) is 0. The van der Waals surface area contributed by atoms with Gasteiger partial charge in [-0.1, -0.05) is 0 Å². The maximum Gasteiger partial charge on any atom is 3.00 e. The van der Waals surface area contributed by atoms with E-state index in [0.717, 1.165) is 0 Å². The van der Waals surface area contributed by atoms with Gasteiger partial charge in [0.15, 0.2) is 0 Å². The van der Waals surface area contributed by atoms with Crippen molar-refractivity contribution in [3.05, 3.63) is 0 Å². The second kappa shape index (κ2) is 33.6. The summed E-state index contributed by atoms with van der Waals surface area (Å²) in [4.78, 5) is 0. The molecule has 0 aliphatic carbocycles. The van der Waals surface area contributed by atoms with Crippen molar-refractivity contribution in [2.45, 2.75) is 0 Å². The summed E-state index contributed by atoms with van der Waals surface area (Å²) < 4.78 is 0. The Balaban J connectivity index is 0. The minimum absolute atomic E-state index is 0. The third kappa shape index (κ3) is 22.1. The van der Waals surface area contributed by atoms with Gasteiger partial charge in [0.1, 0.15) is 0 Å². The molecule has 5 heavy (non-hydrogen) atoms. The van der Waals surface area contributed by atoms with Gasteiger partial charge in [-0.2, -0.15) is 0 Å². The summed E-state index contributed by atoms with van der Waals surface area (Å²) in [5.74, 6) is 0. The molecule has 0 unspecified atom stereocenters. The van der Waals surface area contributed by atoms with Crippen LogP contribution in [0.4, 0.5) is 0 Å². The van der Waals surface area contributed by atoms with Crippen LogP contribution in [-0.4, -0.2) is 5.48 Å². The first-order valence-corrected chi connectivity index (χ1v) is 0. The first-order valence-electron chi connectivity index (χ1n) is 0. The van der Waals surface area contributed by atoms with E-state index in [9.17, 15) is 0 Å². The number of halogens is 3. The van der Waals surface area contributed by atoms with Crippen molar-refractivity contribution >= 4 is 0 Å². The van der Waals surface area contributed by atoms with E-state index < -0.39 is 0 Å². The molecule has 0 aliphatic rings. The van der Waals surface area contributed by atoms with Gasteiger partial charge in [0.25, 0.3) is 0 Å². The minimum Gasteiger partial charge on any atom is -1.00 e. The largest absolute Gasteiger partial charge is 3.00 e. The third-order valence-electron chi connectivity index (χ3n) is 0. The standard InChI is InChI=1S/3BrH.H2O.Zr/h3*1H;1H2;/q;;;;+3/p-3. The number of hydrogen-bond donors (Lipinski definition) is 0. The Morgan fingerprint density at radius 1 is 0.600 bits per heavy atom. The number of hydrogen-bond acceptors (Lipinski definition) is 0. The Bertz CT molecular complexity index is 6.85. The summed E-state index contributed by atoms with van der Waals surface area (Å²) in [6.45, 7) is 0. The molecule has 0 fully saturated rings. The summed E-state index contributed by atoms with van der Waals surface area (Å²) in [6.07, 6.45) is 0. The Morgan fingerprint density at radius 2 is 0.600 bits per heavy atom. The van der Waals surface area contributed by atoms with Gasteiger partial charge in [-0.3, -0.25) is 0 Å². The minimum atomic E-state index is 0. The molecule has 0 aromatic rings. The number of rotatable bonds is 0. The van der Waals surface area contributed by atoms with Gasteiger partial charge in [-0.05, 0) is 0 Å². The maximum atomic E-state index is 0. The molecule has 0 saturated heterocycles. The van der Waals surface area contributed by atoms with Gasteiger partial charge < -0.3 is 56.4 Å². The topological polar surface area (TPSA) is 31.5 Å². The van der Waals surface area contributed by atoms with E-state index in [1.807, 2.05) is 0 Å². The fourth-order valence-corrected chi connectivity index (χ4v) is 0. The Hall–Kier alpha value is 2.28. The van der Waals surface area contributed by atoms with Gasteiger partial charge in [0, 0.05) is 0 Å². The molecule has 0 heterocycles. The molecule has 0 aliphatic heterocycles. The SMILES string of the molecule is O.[Br-].[Br-].[Br-].[Zr+3]. The first kappa shape index (κ1) is 55.2. The zero-order chi connectivity index (χ0) is 0. The van der Waals surface area contributed by atoms with Crippen LogP contribution in [0, 0.1) is 0 Å². The molecule has 1 nitrogen and oxygen atoms in total. The molecule has 0 aromatic carbocycles. The molecule has 33 valence electrons. The molecule has 5 heteroatoms. The van der Waals surface area contributed by atoms with Gasteiger partial charge >= 0.3 is 26.2 Å². The molecule has 0 aromatic heterocycles. The van der Waals surface area contributed by atoms with Crippen LogP contribution in [0.5, 0.6) is 0 Å². The van der Waals surface area contributed by atoms with Crippen LogP contribution in [0.1, 0.15) is 0 Å². The van der Waals surface area contributed by atoms with E-state index in [-0.39, 0.29) is 82.6 Å². The molecule has 0 saturated carbocycles. The van der Waals surface area contributed by atoms with Gasteiger partial charge in [-0.15, -0.1) is 0 Å². The van der Waals surface area contributed by atoms with Gasteiger partial charge in [-0.25, -0.2) is 0 Å². The molecular formula is H2Br3OZr. The summed E-state index contributed by atoms with van der Waals surface area (Å²) >= 11 is 0. The van der Waals surface area contributed by atoms with Crippen LogP contribution in [0.2, 0.25) is 0 Å². The van der Waals surface area contributed by atoms with E-state index in [4.69, 9.17) is 0 Å².